The lowest BCUT2D eigenvalue weighted by Crippen LogP contribution is -1.97. The van der Waals surface area contributed by atoms with Crippen molar-refractivity contribution in [1.29, 1.82) is 0 Å². The first-order valence-corrected chi connectivity index (χ1v) is 3.64. The van der Waals surface area contributed by atoms with Crippen molar-refractivity contribution in [3.05, 3.63) is 34.3 Å². The number of nitrogens with zero attached hydrogens (tertiary/aromatic N) is 4. The van der Waals surface area contributed by atoms with Gasteiger partial charge in [0, 0.05) is 11.8 Å². The largest absolute Gasteiger partial charge is 0.313 e. The fourth-order valence-electron chi connectivity index (χ4n) is 1.16. The predicted molar refractivity (Wildman–Crippen MR) is 44.4 cm³/mol. The molecule has 0 aliphatic heterocycles. The first-order chi connectivity index (χ1) is 6.20. The van der Waals surface area contributed by atoms with Gasteiger partial charge in [0.05, 0.1) is 4.92 Å². The molecule has 66 valence electrons. The molecule has 0 spiro atoms. The van der Waals surface area contributed by atoms with Crippen molar-refractivity contribution in [3.8, 4) is 0 Å². The fourth-order valence-corrected chi connectivity index (χ4v) is 1.16. The van der Waals surface area contributed by atoms with E-state index in [1.54, 1.807) is 6.07 Å². The number of hydrogen-bond acceptors (Lipinski definition) is 4. The summed E-state index contributed by atoms with van der Waals surface area (Å²) >= 11 is 0. The van der Waals surface area contributed by atoms with Crippen LogP contribution < -0.4 is 0 Å². The van der Waals surface area contributed by atoms with Crippen molar-refractivity contribution in [2.75, 3.05) is 0 Å². The molecule has 0 aliphatic rings. The smallest absolute Gasteiger partial charge is 0.258 e. The van der Waals surface area contributed by atoms with Crippen LogP contribution in [0.4, 0.5) is 5.69 Å². The normalized spacial score (nSPS) is 10.5. The summed E-state index contributed by atoms with van der Waals surface area (Å²) in [6, 6.07) is 3.07. The molecule has 0 amide bonds. The van der Waals surface area contributed by atoms with Gasteiger partial charge in [-0.2, -0.15) is 5.10 Å². The van der Waals surface area contributed by atoms with E-state index in [9.17, 15) is 10.1 Å². The molecule has 0 aliphatic carbocycles. The van der Waals surface area contributed by atoms with E-state index in [-0.39, 0.29) is 11.3 Å². The summed E-state index contributed by atoms with van der Waals surface area (Å²) in [6.45, 7) is 1.81. The highest BCUT2D eigenvalue weighted by Crippen LogP contribution is 2.17. The van der Waals surface area contributed by atoms with Crippen molar-refractivity contribution >= 4 is 11.3 Å². The number of aromatic nitrogens is 3. The molecular formula is C7H6N4O2. The van der Waals surface area contributed by atoms with Crippen LogP contribution in [0.2, 0.25) is 0 Å². The Morgan fingerprint density at radius 1 is 1.54 bits per heavy atom. The molecule has 6 heteroatoms. The highest BCUT2D eigenvalue weighted by molar-refractivity contribution is 5.58. The summed E-state index contributed by atoms with van der Waals surface area (Å²) in [7, 11) is 0. The minimum Gasteiger partial charge on any atom is -0.258 e. The van der Waals surface area contributed by atoms with Crippen LogP contribution >= 0.6 is 0 Å². The van der Waals surface area contributed by atoms with E-state index >= 15 is 0 Å². The molecule has 2 heterocycles. The second kappa shape index (κ2) is 2.51. The molecule has 0 N–H and O–H groups in total. The molecule has 2 aromatic rings. The average Bonchev–Trinajstić information content (AvgIpc) is 2.53. The summed E-state index contributed by atoms with van der Waals surface area (Å²) in [5.41, 5.74) is 1.08. The van der Waals surface area contributed by atoms with E-state index in [0.29, 0.717) is 0 Å². The number of fused-ring (bicyclic) bond motifs is 1. The highest BCUT2D eigenvalue weighted by atomic mass is 16.6. The van der Waals surface area contributed by atoms with Crippen LogP contribution in [0.25, 0.3) is 5.65 Å². The summed E-state index contributed by atoms with van der Waals surface area (Å²) < 4.78 is 1.44. The van der Waals surface area contributed by atoms with Gasteiger partial charge in [0.1, 0.15) is 6.33 Å². The first kappa shape index (κ1) is 7.66. The minimum absolute atomic E-state index is 0.0249. The molecular weight excluding hydrogens is 172 g/mol. The topological polar surface area (TPSA) is 73.3 Å². The van der Waals surface area contributed by atoms with Crippen LogP contribution in [0, 0.1) is 17.0 Å². The molecule has 0 radical (unpaired) electrons. The lowest BCUT2D eigenvalue weighted by Gasteiger charge is -1.97. The van der Waals surface area contributed by atoms with Gasteiger partial charge < -0.3 is 0 Å². The van der Waals surface area contributed by atoms with Gasteiger partial charge in [-0.15, -0.1) is 0 Å². The number of nitro groups is 1. The average molecular weight is 178 g/mol. The lowest BCUT2D eigenvalue weighted by molar-refractivity contribution is -0.383. The monoisotopic (exact) mass is 178 g/mol. The van der Waals surface area contributed by atoms with E-state index in [1.165, 1.54) is 16.9 Å². The van der Waals surface area contributed by atoms with Crippen LogP contribution in [-0.4, -0.2) is 19.5 Å². The third-order valence-corrected chi connectivity index (χ3v) is 1.79. The zero-order chi connectivity index (χ0) is 9.42. The number of hydrogen-bond donors (Lipinski definition) is 0. The number of pyridine rings is 1. The maximum absolute atomic E-state index is 10.5. The first-order valence-electron chi connectivity index (χ1n) is 3.64. The third kappa shape index (κ3) is 1.03. The van der Waals surface area contributed by atoms with E-state index in [4.69, 9.17) is 0 Å². The summed E-state index contributed by atoms with van der Waals surface area (Å²) in [6.07, 6.45) is 1.30. The van der Waals surface area contributed by atoms with Gasteiger partial charge in [-0.3, -0.25) is 10.1 Å². The lowest BCUT2D eigenvalue weighted by atomic mass is 10.3. The van der Waals surface area contributed by atoms with E-state index in [2.05, 4.69) is 10.1 Å². The Kier molecular flexibility index (Phi) is 1.48. The quantitative estimate of drug-likeness (QED) is 0.481. The Balaban J connectivity index is 2.86. The zero-order valence-corrected chi connectivity index (χ0v) is 6.84. The maximum Gasteiger partial charge on any atom is 0.313 e. The second-order valence-electron chi connectivity index (χ2n) is 2.61. The Hall–Kier alpha value is -1.98. The maximum atomic E-state index is 10.5. The number of rotatable bonds is 1. The fraction of sp³-hybridized carbons (Fsp3) is 0.143. The zero-order valence-electron chi connectivity index (χ0n) is 6.84. The van der Waals surface area contributed by atoms with E-state index in [1.807, 2.05) is 6.92 Å². The van der Waals surface area contributed by atoms with E-state index in [0.717, 1.165) is 5.69 Å². The van der Waals surface area contributed by atoms with Gasteiger partial charge in [0.25, 0.3) is 0 Å². The van der Waals surface area contributed by atoms with Crippen LogP contribution in [-0.2, 0) is 0 Å². The third-order valence-electron chi connectivity index (χ3n) is 1.79. The van der Waals surface area contributed by atoms with Gasteiger partial charge >= 0.3 is 5.69 Å². The Morgan fingerprint density at radius 2 is 2.31 bits per heavy atom. The van der Waals surface area contributed by atoms with Crippen LogP contribution in [0.3, 0.4) is 0 Å². The van der Waals surface area contributed by atoms with Gasteiger partial charge in [-0.05, 0) is 13.0 Å². The minimum atomic E-state index is -0.469. The summed E-state index contributed by atoms with van der Waals surface area (Å²) in [4.78, 5) is 13.9. The molecule has 2 rings (SSSR count). The molecule has 0 bridgehead atoms. The highest BCUT2D eigenvalue weighted by Gasteiger charge is 2.14. The molecule has 0 saturated heterocycles. The molecule has 2 aromatic heterocycles. The molecule has 0 unspecified atom stereocenters. The standard InChI is InChI=1S/C7H6N4O2/c1-5-2-3-6(11(12)13)7-8-4-9-10(5)7/h2-4H,1H3. The van der Waals surface area contributed by atoms with Crippen molar-refractivity contribution in [3.63, 3.8) is 0 Å². The van der Waals surface area contributed by atoms with Crippen molar-refractivity contribution in [2.45, 2.75) is 6.92 Å². The number of aryl methyl sites for hydroxylation is 1. The molecule has 0 atom stereocenters. The van der Waals surface area contributed by atoms with Gasteiger partial charge in [-0.1, -0.05) is 0 Å². The molecule has 0 fully saturated rings. The van der Waals surface area contributed by atoms with Crippen LogP contribution in [0.5, 0.6) is 0 Å². The molecule has 0 aromatic carbocycles. The summed E-state index contributed by atoms with van der Waals surface area (Å²) in [5.74, 6) is 0. The Bertz CT molecular complexity index is 476. The van der Waals surface area contributed by atoms with Crippen LogP contribution in [0.15, 0.2) is 18.5 Å². The van der Waals surface area contributed by atoms with Crippen LogP contribution in [0.1, 0.15) is 5.69 Å². The second-order valence-corrected chi connectivity index (χ2v) is 2.61. The van der Waals surface area contributed by atoms with Crippen molar-refractivity contribution in [2.24, 2.45) is 0 Å². The summed E-state index contributed by atoms with van der Waals surface area (Å²) in [5, 5.41) is 14.4. The Labute approximate surface area is 73.0 Å². The predicted octanol–water partition coefficient (Wildman–Crippen LogP) is 0.946. The van der Waals surface area contributed by atoms with Gasteiger partial charge in [0.2, 0.25) is 5.65 Å². The Morgan fingerprint density at radius 3 is 3.00 bits per heavy atom. The van der Waals surface area contributed by atoms with Gasteiger partial charge in [0.15, 0.2) is 0 Å². The van der Waals surface area contributed by atoms with Crippen molar-refractivity contribution < 1.29 is 4.92 Å². The molecule has 0 saturated carbocycles. The van der Waals surface area contributed by atoms with Gasteiger partial charge in [-0.25, -0.2) is 9.50 Å². The van der Waals surface area contributed by atoms with Crippen molar-refractivity contribution in [1.82, 2.24) is 14.6 Å². The SMILES string of the molecule is Cc1ccc([N+](=O)[O-])c2ncnn12. The molecule has 13 heavy (non-hydrogen) atoms. The van der Waals surface area contributed by atoms with E-state index < -0.39 is 4.92 Å². The molecule has 6 nitrogen and oxygen atoms in total.